The smallest absolute Gasteiger partial charge is 0.243 e. The molecule has 0 aliphatic rings. The number of rotatable bonds is 7. The Hall–Kier alpha value is -2.00. The van der Waals surface area contributed by atoms with Crippen LogP contribution in [0, 0.1) is 6.92 Å². The number of hydrogen-bond acceptors (Lipinski definition) is 9. The van der Waals surface area contributed by atoms with Crippen LogP contribution in [0.4, 0.5) is 17.8 Å². The van der Waals surface area contributed by atoms with Crippen molar-refractivity contribution in [2.24, 2.45) is 5.84 Å². The summed E-state index contributed by atoms with van der Waals surface area (Å²) in [5.74, 6) is 6.84. The first-order chi connectivity index (χ1) is 10.2. The Labute approximate surface area is 127 Å². The second-order valence-electron chi connectivity index (χ2n) is 4.32. The van der Waals surface area contributed by atoms with Crippen LogP contribution in [0.15, 0.2) is 6.20 Å². The SMILES string of the molecule is CCN(CC)c1nc(NN)nc(NCc2ncc(C)s2)n1. The zero-order valence-corrected chi connectivity index (χ0v) is 13.2. The first kappa shape index (κ1) is 15.4. The van der Waals surface area contributed by atoms with Gasteiger partial charge in [-0.2, -0.15) is 15.0 Å². The largest absolute Gasteiger partial charge is 0.348 e. The molecule has 2 aromatic rings. The van der Waals surface area contributed by atoms with Gasteiger partial charge in [0.05, 0.1) is 6.54 Å². The lowest BCUT2D eigenvalue weighted by Gasteiger charge is -2.19. The summed E-state index contributed by atoms with van der Waals surface area (Å²) in [6, 6.07) is 0. The highest BCUT2D eigenvalue weighted by atomic mass is 32.1. The van der Waals surface area contributed by atoms with Gasteiger partial charge in [0.25, 0.3) is 0 Å². The molecule has 0 fully saturated rings. The fourth-order valence-corrected chi connectivity index (χ4v) is 2.52. The summed E-state index contributed by atoms with van der Waals surface area (Å²) in [4.78, 5) is 20.4. The zero-order valence-electron chi connectivity index (χ0n) is 12.4. The molecule has 0 saturated carbocycles. The molecule has 0 atom stereocenters. The van der Waals surface area contributed by atoms with E-state index < -0.39 is 0 Å². The number of hydrazine groups is 1. The first-order valence-electron chi connectivity index (χ1n) is 6.79. The van der Waals surface area contributed by atoms with E-state index in [2.05, 4.69) is 30.7 Å². The molecule has 9 heteroatoms. The third kappa shape index (κ3) is 3.99. The summed E-state index contributed by atoms with van der Waals surface area (Å²) >= 11 is 1.64. The summed E-state index contributed by atoms with van der Waals surface area (Å²) in [6.07, 6.45) is 1.85. The minimum atomic E-state index is 0.338. The highest BCUT2D eigenvalue weighted by molar-refractivity contribution is 7.11. The van der Waals surface area contributed by atoms with E-state index in [0.29, 0.717) is 24.4 Å². The van der Waals surface area contributed by atoms with Gasteiger partial charge in [-0.05, 0) is 20.8 Å². The van der Waals surface area contributed by atoms with E-state index in [0.717, 1.165) is 18.1 Å². The molecule has 0 amide bonds. The van der Waals surface area contributed by atoms with Crippen molar-refractivity contribution >= 4 is 29.2 Å². The van der Waals surface area contributed by atoms with Gasteiger partial charge < -0.3 is 10.2 Å². The minimum absolute atomic E-state index is 0.338. The Bertz CT molecular complexity index is 580. The Morgan fingerprint density at radius 3 is 2.48 bits per heavy atom. The summed E-state index contributed by atoms with van der Waals surface area (Å²) in [6.45, 7) is 8.33. The van der Waals surface area contributed by atoms with E-state index >= 15 is 0 Å². The van der Waals surface area contributed by atoms with Crippen LogP contribution in [0.5, 0.6) is 0 Å². The van der Waals surface area contributed by atoms with Crippen molar-refractivity contribution in [1.29, 1.82) is 0 Å². The molecule has 0 bridgehead atoms. The van der Waals surface area contributed by atoms with Gasteiger partial charge in [-0.25, -0.2) is 10.8 Å². The maximum absolute atomic E-state index is 5.42. The van der Waals surface area contributed by atoms with Crippen LogP contribution in [-0.2, 0) is 6.54 Å². The Balaban J connectivity index is 2.16. The van der Waals surface area contributed by atoms with Gasteiger partial charge in [0.1, 0.15) is 5.01 Å². The predicted octanol–water partition coefficient (Wildman–Crippen LogP) is 1.38. The lowest BCUT2D eigenvalue weighted by molar-refractivity contribution is 0.811. The van der Waals surface area contributed by atoms with E-state index in [1.807, 2.05) is 31.9 Å². The number of thiazole rings is 1. The van der Waals surface area contributed by atoms with Gasteiger partial charge >= 0.3 is 0 Å². The van der Waals surface area contributed by atoms with Gasteiger partial charge in [-0.1, -0.05) is 0 Å². The van der Waals surface area contributed by atoms with E-state index in [4.69, 9.17) is 5.84 Å². The van der Waals surface area contributed by atoms with E-state index in [9.17, 15) is 0 Å². The number of anilines is 3. The predicted molar refractivity (Wildman–Crippen MR) is 85.4 cm³/mol. The van der Waals surface area contributed by atoms with Crippen molar-refractivity contribution < 1.29 is 0 Å². The highest BCUT2D eigenvalue weighted by Gasteiger charge is 2.11. The second kappa shape index (κ2) is 7.14. The van der Waals surface area contributed by atoms with E-state index in [-0.39, 0.29) is 0 Å². The molecule has 0 aromatic carbocycles. The molecule has 0 aliphatic carbocycles. The molecule has 0 saturated heterocycles. The Morgan fingerprint density at radius 1 is 1.19 bits per heavy atom. The summed E-state index contributed by atoms with van der Waals surface area (Å²) in [5, 5.41) is 4.14. The fourth-order valence-electron chi connectivity index (χ4n) is 1.79. The average molecular weight is 308 g/mol. The van der Waals surface area contributed by atoms with Crippen molar-refractivity contribution in [2.45, 2.75) is 27.3 Å². The van der Waals surface area contributed by atoms with E-state index in [1.165, 1.54) is 4.88 Å². The van der Waals surface area contributed by atoms with E-state index in [1.54, 1.807) is 11.3 Å². The number of nitrogen functional groups attached to an aromatic ring is 1. The molecule has 0 radical (unpaired) electrons. The molecule has 4 N–H and O–H groups in total. The molecule has 8 nitrogen and oxygen atoms in total. The van der Waals surface area contributed by atoms with Gasteiger partial charge in [0.15, 0.2) is 0 Å². The van der Waals surface area contributed by atoms with Crippen molar-refractivity contribution in [3.05, 3.63) is 16.1 Å². The number of nitrogens with one attached hydrogen (secondary N) is 2. The summed E-state index contributed by atoms with van der Waals surface area (Å²) in [5.41, 5.74) is 2.47. The third-order valence-corrected chi connectivity index (χ3v) is 3.78. The Kier molecular flexibility index (Phi) is 5.23. The maximum Gasteiger partial charge on any atom is 0.243 e. The number of nitrogens with zero attached hydrogens (tertiary/aromatic N) is 5. The van der Waals surface area contributed by atoms with Gasteiger partial charge in [0, 0.05) is 24.2 Å². The summed E-state index contributed by atoms with van der Waals surface area (Å²) in [7, 11) is 0. The highest BCUT2D eigenvalue weighted by Crippen LogP contribution is 2.15. The quantitative estimate of drug-likeness (QED) is 0.520. The third-order valence-electron chi connectivity index (χ3n) is 2.87. The van der Waals surface area contributed by atoms with Gasteiger partial charge in [0.2, 0.25) is 17.8 Å². The monoisotopic (exact) mass is 308 g/mol. The van der Waals surface area contributed by atoms with Crippen molar-refractivity contribution in [3.8, 4) is 0 Å². The van der Waals surface area contributed by atoms with Gasteiger partial charge in [-0.3, -0.25) is 5.43 Å². The minimum Gasteiger partial charge on any atom is -0.348 e. The van der Waals surface area contributed by atoms with Crippen LogP contribution >= 0.6 is 11.3 Å². The lowest BCUT2D eigenvalue weighted by atomic mass is 10.5. The number of aryl methyl sites for hydroxylation is 1. The fraction of sp³-hybridized carbons (Fsp3) is 0.500. The normalized spacial score (nSPS) is 10.5. The molecule has 0 aliphatic heterocycles. The second-order valence-corrected chi connectivity index (χ2v) is 5.64. The van der Waals surface area contributed by atoms with Crippen LogP contribution in [0.1, 0.15) is 23.7 Å². The van der Waals surface area contributed by atoms with Crippen LogP contribution in [0.3, 0.4) is 0 Å². The van der Waals surface area contributed by atoms with Crippen LogP contribution in [-0.4, -0.2) is 33.0 Å². The summed E-state index contributed by atoms with van der Waals surface area (Å²) < 4.78 is 0. The topological polar surface area (TPSA) is 105 Å². The molecule has 0 unspecified atom stereocenters. The number of hydrogen-bond donors (Lipinski definition) is 3. The molecule has 21 heavy (non-hydrogen) atoms. The molecular formula is C12H20N8S. The van der Waals surface area contributed by atoms with Crippen LogP contribution < -0.4 is 21.5 Å². The number of aromatic nitrogens is 4. The number of nitrogens with two attached hydrogens (primary N) is 1. The van der Waals surface area contributed by atoms with Crippen molar-refractivity contribution in [1.82, 2.24) is 19.9 Å². The molecule has 2 heterocycles. The standard InChI is InChI=1S/C12H20N8S/c1-4-20(5-2)12-17-10(16-11(18-12)19-13)15-7-9-14-6-8(3)21-9/h6H,4-5,7,13H2,1-3H3,(H2,15,16,17,18,19). The molecule has 114 valence electrons. The van der Waals surface area contributed by atoms with Crippen LogP contribution in [0.25, 0.3) is 0 Å². The van der Waals surface area contributed by atoms with Crippen molar-refractivity contribution in [3.63, 3.8) is 0 Å². The molecule has 2 rings (SSSR count). The first-order valence-corrected chi connectivity index (χ1v) is 7.60. The molecular weight excluding hydrogens is 288 g/mol. The van der Waals surface area contributed by atoms with Crippen LogP contribution in [0.2, 0.25) is 0 Å². The zero-order chi connectivity index (χ0) is 15.2. The van der Waals surface area contributed by atoms with Gasteiger partial charge in [-0.15, -0.1) is 11.3 Å². The average Bonchev–Trinajstić information content (AvgIpc) is 2.92. The molecule has 2 aromatic heterocycles. The Morgan fingerprint density at radius 2 is 1.90 bits per heavy atom. The van der Waals surface area contributed by atoms with Crippen molar-refractivity contribution in [2.75, 3.05) is 28.7 Å². The lowest BCUT2D eigenvalue weighted by Crippen LogP contribution is -2.26. The molecule has 0 spiro atoms. The maximum atomic E-state index is 5.42.